The van der Waals surface area contributed by atoms with Crippen molar-refractivity contribution in [1.82, 2.24) is 9.13 Å². The zero-order valence-corrected chi connectivity index (χ0v) is 26.4. The number of hydrogen-bond acceptors (Lipinski definition) is 0. The van der Waals surface area contributed by atoms with Crippen molar-refractivity contribution < 1.29 is 0 Å². The van der Waals surface area contributed by atoms with Crippen LogP contribution in [0.3, 0.4) is 0 Å². The Labute approximate surface area is 248 Å². The van der Waals surface area contributed by atoms with Crippen LogP contribution in [0.5, 0.6) is 0 Å². The lowest BCUT2D eigenvalue weighted by molar-refractivity contribution is 1.03. The molecule has 3 aromatic carbocycles. The predicted octanol–water partition coefficient (Wildman–Crippen LogP) is 12.1. The summed E-state index contributed by atoms with van der Waals surface area (Å²) >= 11 is 0. The van der Waals surface area contributed by atoms with E-state index in [-0.39, 0.29) is 0 Å². The molecule has 1 aliphatic rings. The number of benzene rings is 3. The molecule has 41 heavy (non-hydrogen) atoms. The third-order valence-corrected chi connectivity index (χ3v) is 6.72. The minimum absolute atomic E-state index is 0.969. The molecule has 0 saturated heterocycles. The molecule has 0 spiro atoms. The molecule has 0 saturated carbocycles. The number of allylic oxidation sites excluding steroid dienone is 4. The molecule has 0 aliphatic heterocycles. The molecule has 0 N–H and O–H groups in total. The van der Waals surface area contributed by atoms with Crippen LogP contribution in [-0.4, -0.2) is 9.13 Å². The van der Waals surface area contributed by atoms with Crippen LogP contribution >= 0.6 is 0 Å². The van der Waals surface area contributed by atoms with Crippen LogP contribution in [0, 0.1) is 13.8 Å². The number of aromatic nitrogens is 2. The van der Waals surface area contributed by atoms with E-state index >= 15 is 0 Å². The number of fused-ring (bicyclic) bond motifs is 4. The van der Waals surface area contributed by atoms with E-state index in [2.05, 4.69) is 133 Å². The zero-order valence-electron chi connectivity index (χ0n) is 26.4. The van der Waals surface area contributed by atoms with E-state index in [0.717, 1.165) is 6.42 Å². The number of para-hydroxylation sites is 2. The fraction of sp³-hybridized carbons (Fsp3) is 0.231. The molecule has 1 aliphatic carbocycles. The van der Waals surface area contributed by atoms with Gasteiger partial charge in [0, 0.05) is 33.4 Å². The first-order valence-corrected chi connectivity index (χ1v) is 15.0. The van der Waals surface area contributed by atoms with Crippen LogP contribution in [0.25, 0.3) is 45.3 Å². The summed E-state index contributed by atoms with van der Waals surface area (Å²) in [5.41, 5.74) is 10.1. The average molecular weight is 545 g/mol. The Morgan fingerprint density at radius 3 is 1.73 bits per heavy atom. The van der Waals surface area contributed by atoms with Gasteiger partial charge in [-0.25, -0.2) is 0 Å². The minimum Gasteiger partial charge on any atom is -0.314 e. The molecule has 2 nitrogen and oxygen atoms in total. The van der Waals surface area contributed by atoms with Crippen LogP contribution in [-0.2, 0) is 0 Å². The van der Waals surface area contributed by atoms with Crippen molar-refractivity contribution >= 4 is 34.0 Å². The summed E-state index contributed by atoms with van der Waals surface area (Å²) in [7, 11) is 0. The van der Waals surface area contributed by atoms with Gasteiger partial charge in [-0.05, 0) is 62.2 Å². The van der Waals surface area contributed by atoms with E-state index in [9.17, 15) is 0 Å². The second-order valence-electron chi connectivity index (χ2n) is 8.75. The van der Waals surface area contributed by atoms with Crippen LogP contribution < -0.4 is 0 Å². The van der Waals surface area contributed by atoms with Crippen LogP contribution in [0.1, 0.15) is 70.5 Å². The summed E-state index contributed by atoms with van der Waals surface area (Å²) < 4.78 is 4.78. The van der Waals surface area contributed by atoms with Crippen molar-refractivity contribution in [3.8, 4) is 11.4 Å². The average Bonchev–Trinajstić information content (AvgIpc) is 3.36. The van der Waals surface area contributed by atoms with Crippen LogP contribution in [0.15, 0.2) is 110 Å². The van der Waals surface area contributed by atoms with E-state index in [1.165, 1.54) is 55.7 Å². The molecular weight excluding hydrogens is 496 g/mol. The number of aryl methyl sites for hydroxylation is 1. The molecule has 6 rings (SSSR count). The molecule has 0 radical (unpaired) electrons. The number of rotatable bonds is 3. The van der Waals surface area contributed by atoms with Crippen molar-refractivity contribution in [2.24, 2.45) is 0 Å². The van der Waals surface area contributed by atoms with Gasteiger partial charge in [0.05, 0.1) is 16.7 Å². The third kappa shape index (κ3) is 6.89. The molecule has 0 atom stereocenters. The summed E-state index contributed by atoms with van der Waals surface area (Å²) in [5.74, 6) is 0. The molecular formula is C39H48N2. The molecule has 0 fully saturated rings. The molecule has 0 amide bonds. The van der Waals surface area contributed by atoms with E-state index in [1.807, 2.05) is 41.5 Å². The first kappa shape index (κ1) is 32.9. The summed E-state index contributed by atoms with van der Waals surface area (Å²) in [6, 6.07) is 26.3. The quantitative estimate of drug-likeness (QED) is 0.200. The largest absolute Gasteiger partial charge is 0.314 e. The second-order valence-corrected chi connectivity index (χ2v) is 8.75. The number of nitrogens with zero attached hydrogens (tertiary/aromatic N) is 2. The predicted molar refractivity (Wildman–Crippen MR) is 187 cm³/mol. The third-order valence-electron chi connectivity index (χ3n) is 6.72. The first-order valence-electron chi connectivity index (χ1n) is 15.0. The van der Waals surface area contributed by atoms with Crippen LogP contribution in [0.2, 0.25) is 0 Å². The van der Waals surface area contributed by atoms with Gasteiger partial charge in [-0.1, -0.05) is 128 Å². The highest BCUT2D eigenvalue weighted by molar-refractivity contribution is 5.96. The maximum atomic E-state index is 3.36. The molecule has 5 aromatic rings. The van der Waals surface area contributed by atoms with Crippen molar-refractivity contribution in [1.29, 1.82) is 0 Å². The van der Waals surface area contributed by atoms with Gasteiger partial charge in [-0.2, -0.15) is 0 Å². The first-order chi connectivity index (χ1) is 20.2. The zero-order chi connectivity index (χ0) is 30.4. The Morgan fingerprint density at radius 1 is 0.610 bits per heavy atom. The standard InChI is InChI=1S/C29H24N2.C4H6.3C2H6/c1-20-21(2)30(27-17-8-6-13-24(20)27)22-11-10-12-23(19-22)31-28-16-5-3-4-14-25(28)26-15-7-9-18-29(26)31;1-3-4-2;3*1-2/h4-19H,3H2,1-2H3;3-4H,1-2H2;3*1-2H3. The highest BCUT2D eigenvalue weighted by Crippen LogP contribution is 2.34. The Kier molecular flexibility index (Phi) is 13.4. The van der Waals surface area contributed by atoms with Gasteiger partial charge >= 0.3 is 0 Å². The highest BCUT2D eigenvalue weighted by Gasteiger charge is 2.17. The molecule has 214 valence electrons. The SMILES string of the molecule is C=CC=C.CC.CC.CC.Cc1c(C)n(-c2cccc(-n3c4c(c5ccccc53)C=CCC=C4)c2)c2ccccc12. The van der Waals surface area contributed by atoms with Gasteiger partial charge in [-0.3, -0.25) is 0 Å². The van der Waals surface area contributed by atoms with Gasteiger partial charge < -0.3 is 9.13 Å². The van der Waals surface area contributed by atoms with E-state index in [0.29, 0.717) is 0 Å². The van der Waals surface area contributed by atoms with Gasteiger partial charge in [0.15, 0.2) is 0 Å². The second kappa shape index (κ2) is 16.7. The van der Waals surface area contributed by atoms with Crippen LogP contribution in [0.4, 0.5) is 0 Å². The highest BCUT2D eigenvalue weighted by atomic mass is 15.0. The van der Waals surface area contributed by atoms with Crippen molar-refractivity contribution in [3.63, 3.8) is 0 Å². The lowest BCUT2D eigenvalue weighted by atomic mass is 10.1. The molecule has 2 heterocycles. The van der Waals surface area contributed by atoms with Crippen molar-refractivity contribution in [2.75, 3.05) is 0 Å². The summed E-state index contributed by atoms with van der Waals surface area (Å²) in [6.45, 7) is 23.2. The van der Waals surface area contributed by atoms with Crippen molar-refractivity contribution in [3.05, 3.63) is 133 Å². The van der Waals surface area contributed by atoms with Gasteiger partial charge in [0.25, 0.3) is 0 Å². The lowest BCUT2D eigenvalue weighted by Crippen LogP contribution is -2.01. The fourth-order valence-electron chi connectivity index (χ4n) is 4.98. The Morgan fingerprint density at radius 2 is 1.12 bits per heavy atom. The van der Waals surface area contributed by atoms with E-state index < -0.39 is 0 Å². The molecule has 2 heteroatoms. The van der Waals surface area contributed by atoms with E-state index in [1.54, 1.807) is 12.2 Å². The number of hydrogen-bond donors (Lipinski definition) is 0. The van der Waals surface area contributed by atoms with E-state index in [4.69, 9.17) is 0 Å². The topological polar surface area (TPSA) is 9.86 Å². The Balaban J connectivity index is 0.000000526. The molecule has 0 bridgehead atoms. The van der Waals surface area contributed by atoms with Gasteiger partial charge in [0.2, 0.25) is 0 Å². The summed E-state index contributed by atoms with van der Waals surface area (Å²) in [5, 5.41) is 2.61. The normalized spacial score (nSPS) is 10.8. The Bertz CT molecular complexity index is 1610. The Hall–Kier alpha value is -4.30. The lowest BCUT2D eigenvalue weighted by Gasteiger charge is -2.14. The van der Waals surface area contributed by atoms with Gasteiger partial charge in [0.1, 0.15) is 0 Å². The summed E-state index contributed by atoms with van der Waals surface area (Å²) in [6.07, 6.45) is 13.3. The van der Waals surface area contributed by atoms with Gasteiger partial charge in [-0.15, -0.1) is 0 Å². The smallest absolute Gasteiger partial charge is 0.0541 e. The maximum absolute atomic E-state index is 3.36. The molecule has 0 unspecified atom stereocenters. The van der Waals surface area contributed by atoms with Crippen molar-refractivity contribution in [2.45, 2.75) is 61.8 Å². The molecule has 2 aromatic heterocycles. The summed E-state index contributed by atoms with van der Waals surface area (Å²) in [4.78, 5) is 0. The maximum Gasteiger partial charge on any atom is 0.0541 e. The fourth-order valence-corrected chi connectivity index (χ4v) is 4.98. The monoisotopic (exact) mass is 544 g/mol. The minimum atomic E-state index is 0.969.